The normalized spacial score (nSPS) is 44.6. The predicted octanol–water partition coefficient (Wildman–Crippen LogP) is 10.7. The lowest BCUT2D eigenvalue weighted by molar-refractivity contribution is -0.219. The first-order chi connectivity index (χ1) is 22.7. The van der Waals surface area contributed by atoms with E-state index in [1.807, 2.05) is 30.3 Å². The van der Waals surface area contributed by atoms with Crippen molar-refractivity contribution >= 4 is 5.97 Å². The molecule has 0 radical (unpaired) electrons. The van der Waals surface area contributed by atoms with Crippen LogP contribution in [0.25, 0.3) is 0 Å². The molecule has 4 fully saturated rings. The third-order valence-corrected chi connectivity index (χ3v) is 16.6. The summed E-state index contributed by atoms with van der Waals surface area (Å²) in [6, 6.07) is 9.68. The van der Waals surface area contributed by atoms with Gasteiger partial charge in [-0.3, -0.25) is 4.79 Å². The lowest BCUT2D eigenvalue weighted by Gasteiger charge is -2.72. The number of carbonyl (C=O) groups is 1. The summed E-state index contributed by atoms with van der Waals surface area (Å²) in [4.78, 5) is 13.3. The molecule has 0 amide bonds. The fourth-order valence-corrected chi connectivity index (χ4v) is 13.7. The number of hydrogen-bond donors (Lipinski definition) is 1. The number of allylic oxidation sites excluding steroid dienone is 5. The SMILES string of the molecule is C=C(C)[C@@H]1CC[C@]2(N)CC[C@]3(C)[C@H](CC[C@@H]4[C@@]5(C)CC=C(C6=CC[C@](CF)(C(=O)OCc7ccccc7)CC6)C(C)(C)C5CC[C@]43C)C12. The average Bonchev–Trinajstić information content (AvgIpc) is 3.42. The fourth-order valence-electron chi connectivity index (χ4n) is 13.7. The molecular formula is C44H62FNO2. The van der Waals surface area contributed by atoms with Gasteiger partial charge in [0.15, 0.2) is 0 Å². The van der Waals surface area contributed by atoms with Crippen molar-refractivity contribution in [3.63, 3.8) is 0 Å². The van der Waals surface area contributed by atoms with Crippen LogP contribution in [0.5, 0.6) is 0 Å². The standard InChI is InChI=1S/C44H62FNO2/c1-29(2)32-17-24-44(46)26-25-41(6)34(37(32)44)13-14-36-40(5)20-18-33(39(3,4)35(40)19-21-42(36,41)7)31-15-22-43(28-45,23-16-31)38(47)48-27-30-11-9-8-10-12-30/h8-12,15,18,32,34-37H,1,13-14,16-17,19-28,46H2,2-7H3/t32-,34+,35?,36+,37?,40-,41+,42+,43-,44-/m0/s1. The Bertz CT molecular complexity index is 1510. The maximum atomic E-state index is 14.6. The zero-order valence-electron chi connectivity index (χ0n) is 30.8. The zero-order chi connectivity index (χ0) is 34.3. The number of rotatable bonds is 6. The van der Waals surface area contributed by atoms with Crippen molar-refractivity contribution in [1.29, 1.82) is 0 Å². The molecule has 4 saturated carbocycles. The predicted molar refractivity (Wildman–Crippen MR) is 194 cm³/mol. The Labute approximate surface area is 290 Å². The van der Waals surface area contributed by atoms with Gasteiger partial charge in [0.25, 0.3) is 0 Å². The maximum absolute atomic E-state index is 14.6. The molecule has 48 heavy (non-hydrogen) atoms. The molecule has 1 aromatic carbocycles. The van der Waals surface area contributed by atoms with Crippen molar-refractivity contribution in [3.8, 4) is 0 Å². The van der Waals surface area contributed by atoms with Gasteiger partial charge in [-0.05, 0) is 152 Å². The van der Waals surface area contributed by atoms with Crippen molar-refractivity contribution in [2.75, 3.05) is 6.67 Å². The molecule has 7 rings (SSSR count). The van der Waals surface area contributed by atoms with Crippen molar-refractivity contribution in [2.45, 2.75) is 131 Å². The van der Waals surface area contributed by atoms with Gasteiger partial charge in [-0.15, -0.1) is 0 Å². The van der Waals surface area contributed by atoms with Crippen LogP contribution in [0.1, 0.15) is 124 Å². The smallest absolute Gasteiger partial charge is 0.315 e. The van der Waals surface area contributed by atoms with E-state index in [4.69, 9.17) is 10.5 Å². The second-order valence-electron chi connectivity index (χ2n) is 18.9. The highest BCUT2D eigenvalue weighted by molar-refractivity contribution is 5.78. The van der Waals surface area contributed by atoms with Crippen LogP contribution in [-0.2, 0) is 16.1 Å². The molecule has 6 aliphatic rings. The minimum atomic E-state index is -1.07. The van der Waals surface area contributed by atoms with Crippen molar-refractivity contribution in [3.05, 3.63) is 71.3 Å². The number of fused-ring (bicyclic) bond motifs is 7. The Morgan fingerprint density at radius 3 is 2.31 bits per heavy atom. The molecule has 262 valence electrons. The van der Waals surface area contributed by atoms with E-state index in [1.165, 1.54) is 68.1 Å². The van der Waals surface area contributed by atoms with Crippen LogP contribution < -0.4 is 5.73 Å². The first-order valence-electron chi connectivity index (χ1n) is 19.3. The van der Waals surface area contributed by atoms with Gasteiger partial charge in [0, 0.05) is 5.54 Å². The van der Waals surface area contributed by atoms with Gasteiger partial charge in [0.05, 0.1) is 5.41 Å². The van der Waals surface area contributed by atoms with Crippen LogP contribution >= 0.6 is 0 Å². The number of ether oxygens (including phenoxy) is 1. The summed E-state index contributed by atoms with van der Waals surface area (Å²) in [5, 5.41) is 0. The van der Waals surface area contributed by atoms with Crippen molar-refractivity contribution in [2.24, 2.45) is 62.4 Å². The lowest BCUT2D eigenvalue weighted by atomic mass is 9.33. The Morgan fingerprint density at radius 1 is 0.896 bits per heavy atom. The highest BCUT2D eigenvalue weighted by atomic mass is 19.1. The summed E-state index contributed by atoms with van der Waals surface area (Å²) in [6.45, 7) is 19.3. The molecule has 3 nitrogen and oxygen atoms in total. The summed E-state index contributed by atoms with van der Waals surface area (Å²) in [5.74, 6) is 2.74. The molecule has 0 heterocycles. The summed E-state index contributed by atoms with van der Waals surface area (Å²) >= 11 is 0. The number of halogens is 1. The second-order valence-corrected chi connectivity index (χ2v) is 18.9. The summed E-state index contributed by atoms with van der Waals surface area (Å²) in [6.07, 6.45) is 17.5. The monoisotopic (exact) mass is 655 g/mol. The van der Waals surface area contributed by atoms with Gasteiger partial charge in [0.1, 0.15) is 13.3 Å². The third-order valence-electron chi connectivity index (χ3n) is 16.6. The molecule has 0 bridgehead atoms. The van der Waals surface area contributed by atoms with Crippen LogP contribution in [-0.4, -0.2) is 18.2 Å². The third kappa shape index (κ3) is 4.84. The van der Waals surface area contributed by atoms with E-state index in [2.05, 4.69) is 60.3 Å². The fraction of sp³-hybridized carbons (Fsp3) is 0.705. The Morgan fingerprint density at radius 2 is 1.65 bits per heavy atom. The minimum Gasteiger partial charge on any atom is -0.460 e. The molecule has 1 aromatic rings. The van der Waals surface area contributed by atoms with Crippen molar-refractivity contribution < 1.29 is 13.9 Å². The van der Waals surface area contributed by atoms with E-state index in [9.17, 15) is 9.18 Å². The van der Waals surface area contributed by atoms with E-state index in [-0.39, 0.29) is 23.0 Å². The molecule has 10 atom stereocenters. The summed E-state index contributed by atoms with van der Waals surface area (Å²) in [7, 11) is 0. The highest BCUT2D eigenvalue weighted by Gasteiger charge is 2.70. The molecule has 4 heteroatoms. The van der Waals surface area contributed by atoms with Gasteiger partial charge >= 0.3 is 5.97 Å². The molecule has 0 saturated heterocycles. The number of hydrogen-bond acceptors (Lipinski definition) is 3. The van der Waals surface area contributed by atoms with Crippen LogP contribution in [0.15, 0.2) is 65.8 Å². The lowest BCUT2D eigenvalue weighted by Crippen LogP contribution is -2.67. The number of carbonyl (C=O) groups excluding carboxylic acids is 1. The van der Waals surface area contributed by atoms with Gasteiger partial charge < -0.3 is 10.5 Å². The average molecular weight is 656 g/mol. The molecule has 0 aliphatic heterocycles. The van der Waals surface area contributed by atoms with E-state index in [1.54, 1.807) is 0 Å². The quantitative estimate of drug-likeness (QED) is 0.245. The number of nitrogens with two attached hydrogens (primary N) is 1. The maximum Gasteiger partial charge on any atom is 0.315 e. The largest absolute Gasteiger partial charge is 0.460 e. The summed E-state index contributed by atoms with van der Waals surface area (Å²) in [5.41, 5.74) is 12.2. The molecular weight excluding hydrogens is 593 g/mol. The van der Waals surface area contributed by atoms with Crippen LogP contribution in [0, 0.1) is 56.7 Å². The van der Waals surface area contributed by atoms with E-state index in [0.717, 1.165) is 18.4 Å². The van der Waals surface area contributed by atoms with E-state index >= 15 is 0 Å². The molecule has 2 N–H and O–H groups in total. The number of benzene rings is 1. The van der Waals surface area contributed by atoms with Gasteiger partial charge in [-0.25, -0.2) is 4.39 Å². The van der Waals surface area contributed by atoms with Gasteiger partial charge in [0.2, 0.25) is 0 Å². The van der Waals surface area contributed by atoms with Crippen LogP contribution in [0.2, 0.25) is 0 Å². The highest BCUT2D eigenvalue weighted by Crippen LogP contribution is 2.76. The molecule has 2 unspecified atom stereocenters. The minimum absolute atomic E-state index is 0.00531. The Balaban J connectivity index is 1.12. The van der Waals surface area contributed by atoms with Gasteiger partial charge in [-0.1, -0.05) is 89.3 Å². The van der Waals surface area contributed by atoms with E-state index < -0.39 is 18.1 Å². The number of alkyl halides is 1. The zero-order valence-corrected chi connectivity index (χ0v) is 30.8. The topological polar surface area (TPSA) is 52.3 Å². The second kappa shape index (κ2) is 11.7. The first-order valence-corrected chi connectivity index (χ1v) is 19.3. The molecule has 0 spiro atoms. The first kappa shape index (κ1) is 34.3. The van der Waals surface area contributed by atoms with Crippen LogP contribution in [0.4, 0.5) is 4.39 Å². The number of esters is 1. The Hall–Kier alpha value is -2.20. The van der Waals surface area contributed by atoms with Crippen LogP contribution in [0.3, 0.4) is 0 Å². The summed E-state index contributed by atoms with van der Waals surface area (Å²) < 4.78 is 20.3. The molecule has 6 aliphatic carbocycles. The van der Waals surface area contributed by atoms with Gasteiger partial charge in [-0.2, -0.15) is 0 Å². The van der Waals surface area contributed by atoms with Crippen molar-refractivity contribution in [1.82, 2.24) is 0 Å². The Kier molecular flexibility index (Phi) is 8.33. The van der Waals surface area contributed by atoms with E-state index in [0.29, 0.717) is 53.3 Å². The molecule has 0 aromatic heterocycles.